The van der Waals surface area contributed by atoms with Crippen LogP contribution in [0.3, 0.4) is 0 Å². The molecule has 3 nitrogen and oxygen atoms in total. The smallest absolute Gasteiger partial charge is 0.126 e. The molecule has 0 radical (unpaired) electrons. The molecule has 0 N–H and O–H groups in total. The van der Waals surface area contributed by atoms with Crippen LogP contribution in [0.2, 0.25) is 0 Å². The number of pyridine rings is 1. The van der Waals surface area contributed by atoms with Crippen LogP contribution in [0.1, 0.15) is 0 Å². The van der Waals surface area contributed by atoms with E-state index in [-0.39, 0.29) is 0 Å². The van der Waals surface area contributed by atoms with Gasteiger partial charge in [-0.25, -0.2) is 4.98 Å². The SMILES string of the molecule is COc1ccc(-c2ccc(-c3ccc(-c4cc(-c5ccccc5)cc(-c5ccc(-c6ccc(-c7ccc(OC)c8ccccc78)cc6)cc5)n4)cc3)cc2)c2ccccc12. The lowest BCUT2D eigenvalue weighted by molar-refractivity contribution is 0.420. The topological polar surface area (TPSA) is 31.4 Å². The highest BCUT2D eigenvalue weighted by Crippen LogP contribution is 2.38. The zero-order valence-corrected chi connectivity index (χ0v) is 33.5. The summed E-state index contributed by atoms with van der Waals surface area (Å²) in [5, 5.41) is 4.59. The molecular weight excluding hydrogens is 731 g/mol. The maximum absolute atomic E-state index is 5.63. The Morgan fingerprint density at radius 2 is 0.583 bits per heavy atom. The monoisotopic (exact) mass is 771 g/mol. The van der Waals surface area contributed by atoms with Crippen LogP contribution in [0, 0.1) is 0 Å². The largest absolute Gasteiger partial charge is 0.496 e. The third-order valence-corrected chi connectivity index (χ3v) is 11.6. The second-order valence-electron chi connectivity index (χ2n) is 15.0. The first kappa shape index (κ1) is 36.6. The Balaban J connectivity index is 0.926. The van der Waals surface area contributed by atoms with Crippen LogP contribution >= 0.6 is 0 Å². The van der Waals surface area contributed by atoms with Crippen molar-refractivity contribution in [3.63, 3.8) is 0 Å². The van der Waals surface area contributed by atoms with E-state index >= 15 is 0 Å². The molecule has 3 heteroatoms. The Kier molecular flexibility index (Phi) is 9.69. The standard InChI is InChI=1S/C57H41NO2/c1-59-56-34-32-48(50-12-6-8-14-52(50)56)43-24-16-39(17-25-43)41-20-28-45(29-21-41)54-36-47(38-10-4-3-5-11-38)37-55(58-54)46-30-22-42(23-31-46)40-18-26-44(27-19-40)49-33-35-57(60-2)53-15-9-7-13-51(49)53/h3-37H,1-2H3. The number of rotatable bonds is 9. The number of benzene rings is 9. The molecule has 286 valence electrons. The Labute approximate surface area is 350 Å². The predicted octanol–water partition coefficient (Wildman–Crippen LogP) is 15.1. The van der Waals surface area contributed by atoms with Gasteiger partial charge in [0.05, 0.1) is 25.6 Å². The molecule has 0 saturated heterocycles. The van der Waals surface area contributed by atoms with Crippen LogP contribution in [0.15, 0.2) is 212 Å². The molecule has 1 aromatic heterocycles. The van der Waals surface area contributed by atoms with Crippen LogP contribution in [0.25, 0.3) is 99.7 Å². The summed E-state index contributed by atoms with van der Waals surface area (Å²) in [6.45, 7) is 0. The van der Waals surface area contributed by atoms with E-state index in [1.165, 1.54) is 44.2 Å². The number of hydrogen-bond donors (Lipinski definition) is 0. The Bertz CT molecular complexity index is 2920. The zero-order chi connectivity index (χ0) is 40.4. The minimum absolute atomic E-state index is 0.887. The Morgan fingerprint density at radius 1 is 0.267 bits per heavy atom. The number of aromatic nitrogens is 1. The van der Waals surface area contributed by atoms with Crippen LogP contribution < -0.4 is 9.47 Å². The summed E-state index contributed by atoms with van der Waals surface area (Å²) in [5.41, 5.74) is 15.7. The quantitative estimate of drug-likeness (QED) is 0.146. The molecular formula is C57H41NO2. The van der Waals surface area contributed by atoms with Crippen molar-refractivity contribution in [1.29, 1.82) is 0 Å². The summed E-state index contributed by atoms with van der Waals surface area (Å²) in [4.78, 5) is 5.25. The third-order valence-electron chi connectivity index (χ3n) is 11.6. The maximum Gasteiger partial charge on any atom is 0.126 e. The highest BCUT2D eigenvalue weighted by molar-refractivity contribution is 6.01. The van der Waals surface area contributed by atoms with Gasteiger partial charge in [-0.2, -0.15) is 0 Å². The highest BCUT2D eigenvalue weighted by atomic mass is 16.5. The molecule has 0 unspecified atom stereocenters. The van der Waals surface area contributed by atoms with E-state index in [4.69, 9.17) is 14.5 Å². The van der Waals surface area contributed by atoms with Crippen molar-refractivity contribution < 1.29 is 9.47 Å². The van der Waals surface area contributed by atoms with E-state index < -0.39 is 0 Å². The predicted molar refractivity (Wildman–Crippen MR) is 250 cm³/mol. The fourth-order valence-electron chi connectivity index (χ4n) is 8.38. The van der Waals surface area contributed by atoms with E-state index in [2.05, 4.69) is 212 Å². The number of ether oxygens (including phenoxy) is 2. The molecule has 1 heterocycles. The first-order chi connectivity index (χ1) is 29.6. The minimum atomic E-state index is 0.887. The normalized spacial score (nSPS) is 11.2. The number of methoxy groups -OCH3 is 2. The van der Waals surface area contributed by atoms with Gasteiger partial charge in [-0.15, -0.1) is 0 Å². The van der Waals surface area contributed by atoms with Gasteiger partial charge >= 0.3 is 0 Å². The summed E-state index contributed by atoms with van der Waals surface area (Å²) in [6.07, 6.45) is 0. The molecule has 60 heavy (non-hydrogen) atoms. The molecule has 0 aliphatic heterocycles. The van der Waals surface area contributed by atoms with Crippen molar-refractivity contribution in [3.05, 3.63) is 212 Å². The lowest BCUT2D eigenvalue weighted by Gasteiger charge is -2.13. The fraction of sp³-hybridized carbons (Fsp3) is 0.0351. The first-order valence-corrected chi connectivity index (χ1v) is 20.2. The van der Waals surface area contributed by atoms with Gasteiger partial charge in [0.15, 0.2) is 0 Å². The average Bonchev–Trinajstić information content (AvgIpc) is 3.33. The lowest BCUT2D eigenvalue weighted by Crippen LogP contribution is -1.92. The van der Waals surface area contributed by atoms with Crippen LogP contribution in [0.5, 0.6) is 11.5 Å². The number of fused-ring (bicyclic) bond motifs is 2. The van der Waals surface area contributed by atoms with Gasteiger partial charge in [-0.05, 0) is 90.7 Å². The van der Waals surface area contributed by atoms with E-state index in [0.29, 0.717) is 0 Å². The van der Waals surface area contributed by atoms with Gasteiger partial charge < -0.3 is 9.47 Å². The molecule has 0 aliphatic rings. The van der Waals surface area contributed by atoms with E-state index in [9.17, 15) is 0 Å². The summed E-state index contributed by atoms with van der Waals surface area (Å²) in [5.74, 6) is 1.77. The van der Waals surface area contributed by atoms with Crippen molar-refractivity contribution in [2.45, 2.75) is 0 Å². The van der Waals surface area contributed by atoms with Crippen LogP contribution in [-0.4, -0.2) is 19.2 Å². The Morgan fingerprint density at radius 3 is 0.967 bits per heavy atom. The summed E-state index contributed by atoms with van der Waals surface area (Å²) >= 11 is 0. The van der Waals surface area contributed by atoms with Crippen molar-refractivity contribution >= 4 is 21.5 Å². The van der Waals surface area contributed by atoms with Gasteiger partial charge in [0.1, 0.15) is 11.5 Å². The third kappa shape index (κ3) is 6.97. The van der Waals surface area contributed by atoms with Crippen molar-refractivity contribution in [3.8, 4) is 89.6 Å². The van der Waals surface area contributed by atoms with Gasteiger partial charge in [0.2, 0.25) is 0 Å². The van der Waals surface area contributed by atoms with Gasteiger partial charge in [-0.3, -0.25) is 0 Å². The molecule has 0 spiro atoms. The van der Waals surface area contributed by atoms with E-state index in [1.54, 1.807) is 14.2 Å². The Hall–Kier alpha value is -7.75. The minimum Gasteiger partial charge on any atom is -0.496 e. The molecule has 0 atom stereocenters. The van der Waals surface area contributed by atoms with E-state index in [0.717, 1.165) is 67.0 Å². The number of hydrogen-bond acceptors (Lipinski definition) is 3. The van der Waals surface area contributed by atoms with Crippen molar-refractivity contribution in [2.75, 3.05) is 14.2 Å². The lowest BCUT2D eigenvalue weighted by atomic mass is 9.95. The van der Waals surface area contributed by atoms with E-state index in [1.807, 2.05) is 0 Å². The summed E-state index contributed by atoms with van der Waals surface area (Å²) in [7, 11) is 3.45. The van der Waals surface area contributed by atoms with Gasteiger partial charge in [0.25, 0.3) is 0 Å². The highest BCUT2D eigenvalue weighted by Gasteiger charge is 2.13. The molecule has 10 rings (SSSR count). The first-order valence-electron chi connectivity index (χ1n) is 20.2. The molecule has 9 aromatic carbocycles. The molecule has 0 fully saturated rings. The van der Waals surface area contributed by atoms with Gasteiger partial charge in [-0.1, -0.05) is 188 Å². The second kappa shape index (κ2) is 15.9. The summed E-state index contributed by atoms with van der Waals surface area (Å²) < 4.78 is 11.3. The van der Waals surface area contributed by atoms with Crippen molar-refractivity contribution in [2.24, 2.45) is 0 Å². The van der Waals surface area contributed by atoms with Crippen molar-refractivity contribution in [1.82, 2.24) is 4.98 Å². The molecule has 0 aliphatic carbocycles. The molecule has 0 amide bonds. The number of nitrogens with zero attached hydrogens (tertiary/aromatic N) is 1. The van der Waals surface area contributed by atoms with Crippen LogP contribution in [-0.2, 0) is 0 Å². The summed E-state index contributed by atoms with van der Waals surface area (Å²) in [6, 6.07) is 75.3. The zero-order valence-electron chi connectivity index (χ0n) is 33.5. The van der Waals surface area contributed by atoms with Crippen LogP contribution in [0.4, 0.5) is 0 Å². The maximum atomic E-state index is 5.63. The molecule has 10 aromatic rings. The molecule has 0 saturated carbocycles. The average molecular weight is 772 g/mol. The second-order valence-corrected chi connectivity index (χ2v) is 15.0. The molecule has 0 bridgehead atoms. The fourth-order valence-corrected chi connectivity index (χ4v) is 8.38. The van der Waals surface area contributed by atoms with Gasteiger partial charge in [0, 0.05) is 21.9 Å².